The average Bonchev–Trinajstić information content (AvgIpc) is 2.73. The molecule has 2 N–H and O–H groups in total. The highest BCUT2D eigenvalue weighted by Gasteiger charge is 2.21. The van der Waals surface area contributed by atoms with Gasteiger partial charge in [0.05, 0.1) is 10.9 Å². The molecule has 1 saturated carbocycles. The zero-order valence-electron chi connectivity index (χ0n) is 16.9. The highest BCUT2D eigenvalue weighted by atomic mass is 35.5. The third-order valence-electron chi connectivity index (χ3n) is 5.18. The minimum absolute atomic E-state index is 0.00556. The number of halogens is 1. The number of amides is 1. The monoisotopic (exact) mass is 450 g/mol. The van der Waals surface area contributed by atoms with E-state index in [2.05, 4.69) is 10.0 Å². The van der Waals surface area contributed by atoms with Gasteiger partial charge in [0.2, 0.25) is 10.0 Å². The van der Waals surface area contributed by atoms with E-state index in [1.54, 1.807) is 24.3 Å². The van der Waals surface area contributed by atoms with Gasteiger partial charge in [0.25, 0.3) is 5.91 Å². The van der Waals surface area contributed by atoms with Crippen LogP contribution in [0.15, 0.2) is 53.4 Å². The van der Waals surface area contributed by atoms with Crippen LogP contribution in [0.3, 0.4) is 0 Å². The van der Waals surface area contributed by atoms with E-state index in [4.69, 9.17) is 16.3 Å². The summed E-state index contributed by atoms with van der Waals surface area (Å²) >= 11 is 5.88. The maximum absolute atomic E-state index is 12.5. The van der Waals surface area contributed by atoms with Gasteiger partial charge in [-0.2, -0.15) is 0 Å². The molecule has 0 radical (unpaired) electrons. The fourth-order valence-corrected chi connectivity index (χ4v) is 4.92. The third kappa shape index (κ3) is 6.45. The number of hydrogen-bond acceptors (Lipinski definition) is 4. The van der Waals surface area contributed by atoms with Crippen LogP contribution >= 0.6 is 11.6 Å². The number of hydrogen-bond donors (Lipinski definition) is 2. The highest BCUT2D eigenvalue weighted by molar-refractivity contribution is 7.89. The Hall–Kier alpha value is -2.09. The molecule has 6 nitrogen and oxygen atoms in total. The number of benzene rings is 2. The molecule has 0 saturated heterocycles. The lowest BCUT2D eigenvalue weighted by molar-refractivity contribution is -0.123. The Kier molecular flexibility index (Phi) is 7.75. The van der Waals surface area contributed by atoms with E-state index in [1.165, 1.54) is 12.1 Å². The lowest BCUT2D eigenvalue weighted by atomic mass is 9.96. The lowest BCUT2D eigenvalue weighted by Gasteiger charge is -2.22. The van der Waals surface area contributed by atoms with Gasteiger partial charge in [0, 0.05) is 11.1 Å². The number of carbonyl (C=O) groups is 1. The molecule has 0 unspecified atom stereocenters. The number of rotatable bonds is 8. The molecule has 1 aliphatic rings. The smallest absolute Gasteiger partial charge is 0.258 e. The molecule has 2 aromatic carbocycles. The fourth-order valence-electron chi connectivity index (χ4n) is 3.49. The van der Waals surface area contributed by atoms with Crippen molar-refractivity contribution < 1.29 is 17.9 Å². The molecule has 0 aromatic heterocycles. The molecule has 2 aromatic rings. The zero-order chi connectivity index (χ0) is 21.6. The molecular formula is C22H27ClN2O4S. The van der Waals surface area contributed by atoms with Crippen LogP contribution in [0.5, 0.6) is 5.75 Å². The molecule has 1 atom stereocenters. The van der Waals surface area contributed by atoms with Gasteiger partial charge in [-0.05, 0) is 61.7 Å². The summed E-state index contributed by atoms with van der Waals surface area (Å²) in [6, 6.07) is 13.2. The standard InChI is InChI=1S/C22H27ClN2O4S/c1-16(17-7-9-18(23)10-8-17)24-22(26)15-29-20-11-13-21(14-12-20)30(27,28)25-19-5-3-2-4-6-19/h7-14,16,19,25H,2-6,15H2,1H3,(H,24,26)/t16-/m0/s1. The number of carbonyl (C=O) groups excluding carboxylic acids is 1. The Morgan fingerprint density at radius 3 is 2.33 bits per heavy atom. The predicted molar refractivity (Wildman–Crippen MR) is 117 cm³/mol. The van der Waals surface area contributed by atoms with Crippen molar-refractivity contribution in [3.8, 4) is 5.75 Å². The minimum atomic E-state index is -3.55. The first-order valence-electron chi connectivity index (χ1n) is 10.1. The van der Waals surface area contributed by atoms with Gasteiger partial charge in [-0.25, -0.2) is 13.1 Å². The van der Waals surface area contributed by atoms with E-state index in [9.17, 15) is 13.2 Å². The molecular weight excluding hydrogens is 424 g/mol. The van der Waals surface area contributed by atoms with Crippen LogP contribution in [0.2, 0.25) is 5.02 Å². The summed E-state index contributed by atoms with van der Waals surface area (Å²) in [4.78, 5) is 12.3. The Bertz CT molecular complexity index is 940. The summed E-state index contributed by atoms with van der Waals surface area (Å²) in [5.74, 6) is 0.161. The fraction of sp³-hybridized carbons (Fsp3) is 0.409. The van der Waals surface area contributed by atoms with Crippen LogP contribution in [-0.4, -0.2) is 27.0 Å². The van der Waals surface area contributed by atoms with Crippen molar-refractivity contribution >= 4 is 27.5 Å². The summed E-state index contributed by atoms with van der Waals surface area (Å²) in [5, 5.41) is 3.49. The molecule has 162 valence electrons. The third-order valence-corrected chi connectivity index (χ3v) is 6.97. The van der Waals surface area contributed by atoms with Crippen LogP contribution in [0, 0.1) is 0 Å². The van der Waals surface area contributed by atoms with E-state index < -0.39 is 10.0 Å². The summed E-state index contributed by atoms with van der Waals surface area (Å²) in [5.41, 5.74) is 0.938. The molecule has 30 heavy (non-hydrogen) atoms. The second-order valence-corrected chi connectivity index (χ2v) is 9.71. The van der Waals surface area contributed by atoms with Gasteiger partial charge < -0.3 is 10.1 Å². The first-order chi connectivity index (χ1) is 14.3. The molecule has 1 fully saturated rings. The summed E-state index contributed by atoms with van der Waals surface area (Å²) in [6.45, 7) is 1.71. The second-order valence-electron chi connectivity index (χ2n) is 7.56. The Balaban J connectivity index is 1.50. The summed E-state index contributed by atoms with van der Waals surface area (Å²) in [7, 11) is -3.55. The first kappa shape index (κ1) is 22.6. The van der Waals surface area contributed by atoms with Crippen LogP contribution in [0.4, 0.5) is 0 Å². The summed E-state index contributed by atoms with van der Waals surface area (Å²) < 4.78 is 33.3. The van der Waals surface area contributed by atoms with E-state index in [1.807, 2.05) is 19.1 Å². The van der Waals surface area contributed by atoms with Crippen molar-refractivity contribution in [2.24, 2.45) is 0 Å². The van der Waals surface area contributed by atoms with Crippen molar-refractivity contribution in [2.45, 2.75) is 56.0 Å². The minimum Gasteiger partial charge on any atom is -0.484 e. The van der Waals surface area contributed by atoms with E-state index >= 15 is 0 Å². The molecule has 3 rings (SSSR count). The van der Waals surface area contributed by atoms with Crippen molar-refractivity contribution in [1.29, 1.82) is 0 Å². The van der Waals surface area contributed by atoms with E-state index in [-0.39, 0.29) is 29.5 Å². The second kappa shape index (κ2) is 10.3. The molecule has 1 amide bonds. The number of ether oxygens (including phenoxy) is 1. The molecule has 0 spiro atoms. The normalized spacial score (nSPS) is 16.1. The maximum Gasteiger partial charge on any atom is 0.258 e. The first-order valence-corrected chi connectivity index (χ1v) is 12.0. The number of sulfonamides is 1. The SMILES string of the molecule is C[C@H](NC(=O)COc1ccc(S(=O)(=O)NC2CCCCC2)cc1)c1ccc(Cl)cc1. The van der Waals surface area contributed by atoms with Gasteiger partial charge in [0.15, 0.2) is 6.61 Å². The van der Waals surface area contributed by atoms with Crippen LogP contribution in [0.1, 0.15) is 50.6 Å². The number of nitrogens with one attached hydrogen (secondary N) is 2. The topological polar surface area (TPSA) is 84.5 Å². The van der Waals surface area contributed by atoms with Crippen molar-refractivity contribution in [3.63, 3.8) is 0 Å². The van der Waals surface area contributed by atoms with Crippen LogP contribution in [-0.2, 0) is 14.8 Å². The molecule has 0 heterocycles. The molecule has 0 aliphatic heterocycles. The average molecular weight is 451 g/mol. The summed E-state index contributed by atoms with van der Waals surface area (Å²) in [6.07, 6.45) is 5.03. The van der Waals surface area contributed by atoms with Gasteiger partial charge in [0.1, 0.15) is 5.75 Å². The quantitative estimate of drug-likeness (QED) is 0.631. The van der Waals surface area contributed by atoms with E-state index in [0.717, 1.165) is 37.7 Å². The largest absolute Gasteiger partial charge is 0.484 e. The van der Waals surface area contributed by atoms with Crippen molar-refractivity contribution in [1.82, 2.24) is 10.0 Å². The van der Waals surface area contributed by atoms with Gasteiger partial charge >= 0.3 is 0 Å². The van der Waals surface area contributed by atoms with Gasteiger partial charge in [-0.15, -0.1) is 0 Å². The predicted octanol–water partition coefficient (Wildman–Crippen LogP) is 4.21. The highest BCUT2D eigenvalue weighted by Crippen LogP contribution is 2.21. The molecule has 0 bridgehead atoms. The molecule has 8 heteroatoms. The lowest BCUT2D eigenvalue weighted by Crippen LogP contribution is -2.36. The Morgan fingerprint density at radius 1 is 1.07 bits per heavy atom. The Labute approximate surface area is 183 Å². The van der Waals surface area contributed by atoms with Crippen molar-refractivity contribution in [2.75, 3.05) is 6.61 Å². The van der Waals surface area contributed by atoms with Crippen LogP contribution in [0.25, 0.3) is 0 Å². The zero-order valence-corrected chi connectivity index (χ0v) is 18.5. The van der Waals surface area contributed by atoms with Gasteiger partial charge in [-0.1, -0.05) is 43.0 Å². The van der Waals surface area contributed by atoms with E-state index in [0.29, 0.717) is 10.8 Å². The Morgan fingerprint density at radius 2 is 1.70 bits per heavy atom. The van der Waals surface area contributed by atoms with Crippen LogP contribution < -0.4 is 14.8 Å². The maximum atomic E-state index is 12.5. The van der Waals surface area contributed by atoms with Crippen molar-refractivity contribution in [3.05, 3.63) is 59.1 Å². The van der Waals surface area contributed by atoms with Gasteiger partial charge in [-0.3, -0.25) is 4.79 Å². The molecule has 1 aliphatic carbocycles.